The topological polar surface area (TPSA) is 70.1 Å². The molecule has 130 valence electrons. The average Bonchev–Trinajstić information content (AvgIpc) is 2.88. The van der Waals surface area contributed by atoms with Crippen LogP contribution in [0.15, 0.2) is 63.9 Å². The first-order valence-electron chi connectivity index (χ1n) is 7.95. The number of amides is 1. The van der Waals surface area contributed by atoms with Crippen LogP contribution in [0.5, 0.6) is 0 Å². The van der Waals surface area contributed by atoms with Gasteiger partial charge in [-0.1, -0.05) is 30.3 Å². The van der Waals surface area contributed by atoms with E-state index in [1.165, 1.54) is 6.07 Å². The van der Waals surface area contributed by atoms with Gasteiger partial charge >= 0.3 is 0 Å². The van der Waals surface area contributed by atoms with Crippen LogP contribution in [0.2, 0.25) is 0 Å². The number of benzene rings is 2. The van der Waals surface area contributed by atoms with Gasteiger partial charge in [0.25, 0.3) is 10.0 Å². The normalized spacial score (nSPS) is 14.6. The maximum absolute atomic E-state index is 12.7. The van der Waals surface area contributed by atoms with Crippen LogP contribution < -0.4 is 4.90 Å². The molecule has 2 aromatic carbocycles. The van der Waals surface area contributed by atoms with Gasteiger partial charge in [-0.3, -0.25) is 4.79 Å². The Balaban J connectivity index is 1.83. The van der Waals surface area contributed by atoms with Crippen molar-refractivity contribution >= 4 is 27.5 Å². The van der Waals surface area contributed by atoms with E-state index in [9.17, 15) is 13.2 Å². The minimum Gasteiger partial charge on any atom is -0.349 e. The highest BCUT2D eigenvalue weighted by atomic mass is 32.2. The van der Waals surface area contributed by atoms with Crippen LogP contribution in [-0.2, 0) is 14.8 Å². The summed E-state index contributed by atoms with van der Waals surface area (Å²) in [5, 5.41) is 0. The summed E-state index contributed by atoms with van der Waals surface area (Å²) in [4.78, 5) is 16.1. The first-order chi connectivity index (χ1) is 11.9. The molecule has 0 N–H and O–H groups in total. The van der Waals surface area contributed by atoms with Gasteiger partial charge < -0.3 is 9.80 Å². The van der Waals surface area contributed by atoms with E-state index in [0.29, 0.717) is 17.9 Å². The molecule has 0 aliphatic carbocycles. The van der Waals surface area contributed by atoms with Crippen LogP contribution in [0.1, 0.15) is 12.5 Å². The molecule has 0 radical (unpaired) electrons. The molecular weight excluding hydrogens is 338 g/mol. The second kappa shape index (κ2) is 6.68. The summed E-state index contributed by atoms with van der Waals surface area (Å²) < 4.78 is 28.2. The van der Waals surface area contributed by atoms with Crippen LogP contribution in [0.4, 0.5) is 5.69 Å². The minimum atomic E-state index is -3.69. The molecule has 3 rings (SSSR count). The molecule has 25 heavy (non-hydrogen) atoms. The number of amidine groups is 1. The average molecular weight is 357 g/mol. The summed E-state index contributed by atoms with van der Waals surface area (Å²) in [6, 6.07) is 16.0. The van der Waals surface area contributed by atoms with Crippen molar-refractivity contribution in [3.05, 3.63) is 60.2 Å². The molecular formula is C18H19N3O3S. The summed E-state index contributed by atoms with van der Waals surface area (Å²) in [7, 11) is -2.02. The van der Waals surface area contributed by atoms with E-state index >= 15 is 0 Å². The maximum Gasteiger partial charge on any atom is 0.285 e. The number of sulfonamides is 1. The number of hydrogen-bond donors (Lipinski definition) is 0. The Labute approximate surface area is 147 Å². The maximum atomic E-state index is 12.7. The molecule has 0 aromatic heterocycles. The van der Waals surface area contributed by atoms with Crippen molar-refractivity contribution in [3.63, 3.8) is 0 Å². The van der Waals surface area contributed by atoms with E-state index < -0.39 is 10.0 Å². The zero-order chi connectivity index (χ0) is 18.0. The first-order valence-corrected chi connectivity index (χ1v) is 9.39. The van der Waals surface area contributed by atoms with Crippen molar-refractivity contribution in [2.24, 2.45) is 4.40 Å². The largest absolute Gasteiger partial charge is 0.349 e. The van der Waals surface area contributed by atoms with Crippen molar-refractivity contribution in [1.29, 1.82) is 0 Å². The molecule has 6 nitrogen and oxygen atoms in total. The first kappa shape index (κ1) is 17.2. The summed E-state index contributed by atoms with van der Waals surface area (Å²) >= 11 is 0. The Morgan fingerprint density at radius 1 is 1.04 bits per heavy atom. The van der Waals surface area contributed by atoms with Crippen molar-refractivity contribution < 1.29 is 13.2 Å². The molecule has 0 bridgehead atoms. The van der Waals surface area contributed by atoms with E-state index in [4.69, 9.17) is 0 Å². The zero-order valence-electron chi connectivity index (χ0n) is 14.1. The Morgan fingerprint density at radius 3 is 2.36 bits per heavy atom. The highest BCUT2D eigenvalue weighted by Gasteiger charge is 2.31. The van der Waals surface area contributed by atoms with Gasteiger partial charge in [0.2, 0.25) is 5.91 Å². The number of carbonyl (C=O) groups is 1. The molecule has 0 saturated carbocycles. The van der Waals surface area contributed by atoms with Gasteiger partial charge in [0, 0.05) is 24.8 Å². The van der Waals surface area contributed by atoms with Crippen molar-refractivity contribution in [3.8, 4) is 0 Å². The third kappa shape index (κ3) is 3.28. The van der Waals surface area contributed by atoms with Crippen molar-refractivity contribution in [2.75, 3.05) is 25.0 Å². The second-order valence-corrected chi connectivity index (χ2v) is 7.29. The van der Waals surface area contributed by atoms with Crippen LogP contribution >= 0.6 is 0 Å². The van der Waals surface area contributed by atoms with Crippen LogP contribution in [0.25, 0.3) is 0 Å². The van der Waals surface area contributed by atoms with Crippen LogP contribution in [-0.4, -0.2) is 45.2 Å². The number of rotatable bonds is 4. The Morgan fingerprint density at radius 2 is 1.68 bits per heavy atom. The monoisotopic (exact) mass is 357 g/mol. The lowest BCUT2D eigenvalue weighted by Gasteiger charge is -2.25. The molecule has 1 amide bonds. The van der Waals surface area contributed by atoms with E-state index in [2.05, 4.69) is 4.40 Å². The van der Waals surface area contributed by atoms with Gasteiger partial charge in [-0.2, -0.15) is 8.42 Å². The lowest BCUT2D eigenvalue weighted by atomic mass is 10.2. The molecule has 7 heteroatoms. The molecule has 1 aliphatic heterocycles. The lowest BCUT2D eigenvalue weighted by molar-refractivity contribution is -0.118. The standard InChI is InChI=1S/C18H19N3O3S/c1-3-21(14-9-5-4-6-10-14)17(22)13-20(2)18-15-11-7-8-12-16(15)25(23,24)19-18/h4-12H,3,13H2,1-2H3. The second-order valence-electron chi connectivity index (χ2n) is 5.72. The number of hydrogen-bond acceptors (Lipinski definition) is 4. The van der Waals surface area contributed by atoms with Gasteiger partial charge in [-0.25, -0.2) is 0 Å². The molecule has 1 heterocycles. The van der Waals surface area contributed by atoms with Gasteiger partial charge in [0.1, 0.15) is 4.90 Å². The van der Waals surface area contributed by atoms with Crippen LogP contribution in [0.3, 0.4) is 0 Å². The highest BCUT2D eigenvalue weighted by Crippen LogP contribution is 2.27. The van der Waals surface area contributed by atoms with Crippen LogP contribution in [0, 0.1) is 0 Å². The smallest absolute Gasteiger partial charge is 0.285 e. The molecule has 0 unspecified atom stereocenters. The summed E-state index contributed by atoms with van der Waals surface area (Å²) in [6.45, 7) is 2.46. The third-order valence-corrected chi connectivity index (χ3v) is 5.36. The summed E-state index contributed by atoms with van der Waals surface area (Å²) in [5.74, 6) is 0.175. The Hall–Kier alpha value is -2.67. The van der Waals surface area contributed by atoms with Gasteiger partial charge in [-0.15, -0.1) is 4.40 Å². The van der Waals surface area contributed by atoms with Gasteiger partial charge in [0.15, 0.2) is 5.84 Å². The summed E-state index contributed by atoms with van der Waals surface area (Å²) in [6.07, 6.45) is 0. The summed E-state index contributed by atoms with van der Waals surface area (Å²) in [5.41, 5.74) is 1.34. The molecule has 0 fully saturated rings. The minimum absolute atomic E-state index is 0.0332. The number of para-hydroxylation sites is 1. The third-order valence-electron chi connectivity index (χ3n) is 4.03. The number of nitrogens with zero attached hydrogens (tertiary/aromatic N) is 3. The quantitative estimate of drug-likeness (QED) is 0.840. The van der Waals surface area contributed by atoms with E-state index in [1.54, 1.807) is 35.0 Å². The fourth-order valence-electron chi connectivity index (χ4n) is 2.84. The van der Waals surface area contributed by atoms with Gasteiger partial charge in [-0.05, 0) is 31.2 Å². The van der Waals surface area contributed by atoms with E-state index in [1.807, 2.05) is 37.3 Å². The predicted octanol–water partition coefficient (Wildman–Crippen LogP) is 2.12. The number of carbonyl (C=O) groups excluding carboxylic acids is 1. The number of likely N-dealkylation sites (N-methyl/N-ethyl adjacent to an activating group) is 2. The fourth-order valence-corrected chi connectivity index (χ4v) is 4.09. The number of fused-ring (bicyclic) bond motifs is 1. The highest BCUT2D eigenvalue weighted by molar-refractivity contribution is 7.90. The van der Waals surface area contributed by atoms with E-state index in [-0.39, 0.29) is 17.3 Å². The molecule has 2 aromatic rings. The number of anilines is 1. The molecule has 0 saturated heterocycles. The van der Waals surface area contributed by atoms with E-state index in [0.717, 1.165) is 5.69 Å². The predicted molar refractivity (Wildman–Crippen MR) is 97.3 cm³/mol. The molecule has 0 atom stereocenters. The molecule has 1 aliphatic rings. The fraction of sp³-hybridized carbons (Fsp3) is 0.222. The lowest BCUT2D eigenvalue weighted by Crippen LogP contribution is -2.41. The SMILES string of the molecule is CCN(C(=O)CN(C)C1=NS(=O)(=O)c2ccccc21)c1ccccc1. The zero-order valence-corrected chi connectivity index (χ0v) is 14.9. The Kier molecular flexibility index (Phi) is 4.59. The Bertz CT molecular complexity index is 924. The molecule has 0 spiro atoms. The van der Waals surface area contributed by atoms with Crippen molar-refractivity contribution in [1.82, 2.24) is 4.90 Å². The van der Waals surface area contributed by atoms with Crippen molar-refractivity contribution in [2.45, 2.75) is 11.8 Å². The van der Waals surface area contributed by atoms with Gasteiger partial charge in [0.05, 0.1) is 6.54 Å².